The number of carbonyl (C=O) groups is 1. The standard InChI is InChI=1S/C4H6N2OS/c7-3-6-2-1-5-4(6)8/h3H,1-2H2,(H,5,8). The highest BCUT2D eigenvalue weighted by Gasteiger charge is 2.12. The van der Waals surface area contributed by atoms with Gasteiger partial charge in [-0.05, 0) is 12.2 Å². The lowest BCUT2D eigenvalue weighted by Gasteiger charge is -2.03. The zero-order valence-corrected chi connectivity index (χ0v) is 5.07. The van der Waals surface area contributed by atoms with E-state index >= 15 is 0 Å². The quantitative estimate of drug-likeness (QED) is 0.377. The summed E-state index contributed by atoms with van der Waals surface area (Å²) in [5, 5.41) is 3.39. The topological polar surface area (TPSA) is 32.3 Å². The molecule has 3 nitrogen and oxygen atoms in total. The summed E-state index contributed by atoms with van der Waals surface area (Å²) in [4.78, 5) is 11.5. The third kappa shape index (κ3) is 0.790. The lowest BCUT2D eigenvalue weighted by atomic mass is 10.7. The Balaban J connectivity index is 2.54. The van der Waals surface area contributed by atoms with Crippen LogP contribution in [0.4, 0.5) is 0 Å². The van der Waals surface area contributed by atoms with Gasteiger partial charge in [-0.3, -0.25) is 9.69 Å². The van der Waals surface area contributed by atoms with Crippen molar-refractivity contribution in [3.8, 4) is 0 Å². The summed E-state index contributed by atoms with van der Waals surface area (Å²) >= 11 is 4.72. The van der Waals surface area contributed by atoms with E-state index in [2.05, 4.69) is 5.32 Å². The maximum Gasteiger partial charge on any atom is 0.215 e. The molecule has 0 bridgehead atoms. The highest BCUT2D eigenvalue weighted by atomic mass is 32.1. The van der Waals surface area contributed by atoms with Crippen molar-refractivity contribution in [1.29, 1.82) is 0 Å². The molecule has 0 atom stereocenters. The van der Waals surface area contributed by atoms with Gasteiger partial charge in [0.25, 0.3) is 0 Å². The number of amides is 1. The van der Waals surface area contributed by atoms with E-state index in [0.29, 0.717) is 11.7 Å². The fraction of sp³-hybridized carbons (Fsp3) is 0.500. The van der Waals surface area contributed by atoms with Gasteiger partial charge in [-0.2, -0.15) is 0 Å². The highest BCUT2D eigenvalue weighted by molar-refractivity contribution is 7.80. The Bertz CT molecular complexity index is 125. The zero-order chi connectivity index (χ0) is 5.98. The maximum atomic E-state index is 10.0. The number of rotatable bonds is 1. The van der Waals surface area contributed by atoms with Gasteiger partial charge < -0.3 is 5.32 Å². The van der Waals surface area contributed by atoms with Gasteiger partial charge in [0, 0.05) is 13.1 Å². The molecular weight excluding hydrogens is 124 g/mol. The van der Waals surface area contributed by atoms with Gasteiger partial charge in [0.05, 0.1) is 0 Å². The largest absolute Gasteiger partial charge is 0.360 e. The van der Waals surface area contributed by atoms with Gasteiger partial charge in [0.2, 0.25) is 6.41 Å². The van der Waals surface area contributed by atoms with E-state index in [1.54, 1.807) is 0 Å². The molecule has 0 aromatic heterocycles. The molecule has 0 aliphatic carbocycles. The molecular formula is C4H6N2OS. The molecule has 8 heavy (non-hydrogen) atoms. The first-order chi connectivity index (χ1) is 3.84. The average molecular weight is 130 g/mol. The van der Waals surface area contributed by atoms with Crippen molar-refractivity contribution in [2.45, 2.75) is 0 Å². The third-order valence-electron chi connectivity index (χ3n) is 1.02. The van der Waals surface area contributed by atoms with Gasteiger partial charge in [0.15, 0.2) is 5.11 Å². The SMILES string of the molecule is O=CN1CCNC1=S. The Morgan fingerprint density at radius 2 is 2.62 bits per heavy atom. The van der Waals surface area contributed by atoms with E-state index in [1.807, 2.05) is 0 Å². The lowest BCUT2D eigenvalue weighted by Crippen LogP contribution is -2.25. The van der Waals surface area contributed by atoms with Crippen LogP contribution in [0.5, 0.6) is 0 Å². The van der Waals surface area contributed by atoms with Gasteiger partial charge in [-0.15, -0.1) is 0 Å². The molecule has 1 aliphatic rings. The van der Waals surface area contributed by atoms with Crippen molar-refractivity contribution in [2.75, 3.05) is 13.1 Å². The highest BCUT2D eigenvalue weighted by Crippen LogP contribution is 1.90. The van der Waals surface area contributed by atoms with Crippen molar-refractivity contribution in [3.63, 3.8) is 0 Å². The van der Waals surface area contributed by atoms with Gasteiger partial charge in [-0.1, -0.05) is 0 Å². The molecule has 44 valence electrons. The van der Waals surface area contributed by atoms with Crippen molar-refractivity contribution >= 4 is 23.7 Å². The van der Waals surface area contributed by atoms with Crippen LogP contribution in [0.15, 0.2) is 0 Å². The smallest absolute Gasteiger partial charge is 0.215 e. The Morgan fingerprint density at radius 1 is 1.88 bits per heavy atom. The Kier molecular flexibility index (Phi) is 1.43. The van der Waals surface area contributed by atoms with Crippen LogP contribution in [0.2, 0.25) is 0 Å². The second kappa shape index (κ2) is 2.09. The summed E-state index contributed by atoms with van der Waals surface area (Å²) in [5.74, 6) is 0. The van der Waals surface area contributed by atoms with E-state index in [0.717, 1.165) is 13.0 Å². The van der Waals surface area contributed by atoms with Gasteiger partial charge in [-0.25, -0.2) is 0 Å². The first-order valence-corrected chi connectivity index (χ1v) is 2.75. The number of hydrogen-bond donors (Lipinski definition) is 1. The Labute approximate surface area is 52.7 Å². The average Bonchev–Trinajstić information content (AvgIpc) is 2.14. The van der Waals surface area contributed by atoms with Crippen LogP contribution in [0.1, 0.15) is 0 Å². The molecule has 0 spiro atoms. The number of carbonyl (C=O) groups excluding carboxylic acids is 1. The van der Waals surface area contributed by atoms with Crippen LogP contribution < -0.4 is 5.32 Å². The zero-order valence-electron chi connectivity index (χ0n) is 4.26. The summed E-state index contributed by atoms with van der Waals surface area (Å²) < 4.78 is 0. The summed E-state index contributed by atoms with van der Waals surface area (Å²) in [6, 6.07) is 0. The number of hydrogen-bond acceptors (Lipinski definition) is 2. The van der Waals surface area contributed by atoms with Crippen LogP contribution in [-0.4, -0.2) is 29.5 Å². The predicted octanol–water partition coefficient (Wildman–Crippen LogP) is -0.667. The summed E-state index contributed by atoms with van der Waals surface area (Å²) in [6.07, 6.45) is 0.738. The third-order valence-corrected chi connectivity index (χ3v) is 1.40. The number of nitrogens with zero attached hydrogens (tertiary/aromatic N) is 1. The molecule has 1 aliphatic heterocycles. The summed E-state index contributed by atoms with van der Waals surface area (Å²) in [6.45, 7) is 1.50. The minimum absolute atomic E-state index is 0.542. The molecule has 0 radical (unpaired) electrons. The Morgan fingerprint density at radius 3 is 2.88 bits per heavy atom. The minimum Gasteiger partial charge on any atom is -0.360 e. The van der Waals surface area contributed by atoms with Crippen molar-refractivity contribution in [1.82, 2.24) is 10.2 Å². The van der Waals surface area contributed by atoms with Gasteiger partial charge in [0.1, 0.15) is 0 Å². The fourth-order valence-corrected chi connectivity index (χ4v) is 0.823. The van der Waals surface area contributed by atoms with Crippen molar-refractivity contribution < 1.29 is 4.79 Å². The molecule has 0 aromatic carbocycles. The minimum atomic E-state index is 0.542. The van der Waals surface area contributed by atoms with E-state index in [-0.39, 0.29) is 0 Å². The molecule has 0 saturated carbocycles. The van der Waals surface area contributed by atoms with Crippen LogP contribution in [0.25, 0.3) is 0 Å². The Hall–Kier alpha value is -0.640. The summed E-state index contributed by atoms with van der Waals surface area (Å²) in [5.41, 5.74) is 0. The van der Waals surface area contributed by atoms with Crippen LogP contribution in [-0.2, 0) is 4.79 Å². The van der Waals surface area contributed by atoms with E-state index < -0.39 is 0 Å². The molecule has 1 heterocycles. The second-order valence-electron chi connectivity index (χ2n) is 1.53. The first-order valence-electron chi connectivity index (χ1n) is 2.34. The normalized spacial score (nSPS) is 18.5. The second-order valence-corrected chi connectivity index (χ2v) is 1.92. The van der Waals surface area contributed by atoms with Crippen LogP contribution in [0.3, 0.4) is 0 Å². The molecule has 1 amide bonds. The van der Waals surface area contributed by atoms with Gasteiger partial charge >= 0.3 is 0 Å². The molecule has 1 rings (SSSR count). The van der Waals surface area contributed by atoms with Crippen LogP contribution >= 0.6 is 12.2 Å². The molecule has 1 N–H and O–H groups in total. The summed E-state index contributed by atoms with van der Waals surface area (Å²) in [7, 11) is 0. The van der Waals surface area contributed by atoms with Crippen molar-refractivity contribution in [3.05, 3.63) is 0 Å². The van der Waals surface area contributed by atoms with Crippen LogP contribution in [0, 0.1) is 0 Å². The number of nitrogens with one attached hydrogen (secondary N) is 1. The van der Waals surface area contributed by atoms with Crippen molar-refractivity contribution in [2.24, 2.45) is 0 Å². The molecule has 4 heteroatoms. The molecule has 1 fully saturated rings. The fourth-order valence-electron chi connectivity index (χ4n) is 0.587. The van der Waals surface area contributed by atoms with E-state index in [4.69, 9.17) is 12.2 Å². The predicted molar refractivity (Wildman–Crippen MR) is 33.4 cm³/mol. The molecule has 0 unspecified atom stereocenters. The first kappa shape index (κ1) is 5.50. The number of thiocarbonyl (C=S) groups is 1. The lowest BCUT2D eigenvalue weighted by molar-refractivity contribution is -0.114. The van der Waals surface area contributed by atoms with E-state index in [1.165, 1.54) is 4.90 Å². The molecule has 1 saturated heterocycles. The monoisotopic (exact) mass is 130 g/mol. The molecule has 0 aromatic rings. The van der Waals surface area contributed by atoms with E-state index in [9.17, 15) is 4.79 Å². The maximum absolute atomic E-state index is 10.0.